The first-order valence-electron chi connectivity index (χ1n) is 12.8. The van der Waals surface area contributed by atoms with Crippen molar-refractivity contribution in [3.05, 3.63) is 90.0 Å². The average Bonchev–Trinajstić information content (AvgIpc) is 3.29. The van der Waals surface area contributed by atoms with Crippen LogP contribution in [0.5, 0.6) is 11.5 Å². The van der Waals surface area contributed by atoms with Crippen molar-refractivity contribution in [2.45, 2.75) is 39.2 Å². The molecular weight excluding hydrogens is 464 g/mol. The number of ether oxygens (including phenoxy) is 2. The molecule has 7 heteroatoms. The number of imidazole rings is 1. The SMILES string of the molecule is C/C=C/c1ccc(OCCCCn2c(CCCNC(=O)c3cccnc3)nc3ccccc32)c(OC)c1. The summed E-state index contributed by atoms with van der Waals surface area (Å²) in [7, 11) is 1.66. The summed E-state index contributed by atoms with van der Waals surface area (Å²) in [5.74, 6) is 2.45. The summed E-state index contributed by atoms with van der Waals surface area (Å²) in [5, 5.41) is 2.97. The van der Waals surface area contributed by atoms with Crippen LogP contribution < -0.4 is 14.8 Å². The molecule has 4 rings (SSSR count). The summed E-state index contributed by atoms with van der Waals surface area (Å²) < 4.78 is 13.8. The van der Waals surface area contributed by atoms with E-state index < -0.39 is 0 Å². The number of nitrogens with one attached hydrogen (secondary N) is 1. The Morgan fingerprint density at radius 1 is 1.05 bits per heavy atom. The highest BCUT2D eigenvalue weighted by Crippen LogP contribution is 2.29. The van der Waals surface area contributed by atoms with E-state index in [0.717, 1.165) is 66.1 Å². The van der Waals surface area contributed by atoms with Crippen molar-refractivity contribution in [2.75, 3.05) is 20.3 Å². The highest BCUT2D eigenvalue weighted by Gasteiger charge is 2.11. The predicted molar refractivity (Wildman–Crippen MR) is 147 cm³/mol. The van der Waals surface area contributed by atoms with Gasteiger partial charge in [-0.25, -0.2) is 4.98 Å². The third-order valence-corrected chi connectivity index (χ3v) is 6.10. The van der Waals surface area contributed by atoms with E-state index in [0.29, 0.717) is 18.7 Å². The number of aryl methyl sites for hydroxylation is 2. The Bertz CT molecular complexity index is 1330. The molecule has 192 valence electrons. The van der Waals surface area contributed by atoms with Gasteiger partial charge >= 0.3 is 0 Å². The number of hydrogen-bond acceptors (Lipinski definition) is 5. The summed E-state index contributed by atoms with van der Waals surface area (Å²) in [4.78, 5) is 21.1. The third-order valence-electron chi connectivity index (χ3n) is 6.10. The predicted octanol–water partition coefficient (Wildman–Crippen LogP) is 5.69. The van der Waals surface area contributed by atoms with Gasteiger partial charge in [-0.2, -0.15) is 0 Å². The second kappa shape index (κ2) is 13.3. The molecule has 0 fully saturated rings. The van der Waals surface area contributed by atoms with Gasteiger partial charge in [0.1, 0.15) is 5.82 Å². The first kappa shape index (κ1) is 25.9. The minimum Gasteiger partial charge on any atom is -0.493 e. The Balaban J connectivity index is 1.29. The Morgan fingerprint density at radius 3 is 2.76 bits per heavy atom. The highest BCUT2D eigenvalue weighted by atomic mass is 16.5. The maximum atomic E-state index is 12.3. The van der Waals surface area contributed by atoms with Gasteiger partial charge in [0.25, 0.3) is 5.91 Å². The zero-order valence-corrected chi connectivity index (χ0v) is 21.5. The zero-order chi connectivity index (χ0) is 25.9. The van der Waals surface area contributed by atoms with Gasteiger partial charge in [-0.1, -0.05) is 30.4 Å². The quantitative estimate of drug-likeness (QED) is 0.240. The molecule has 2 aromatic carbocycles. The van der Waals surface area contributed by atoms with Crippen LogP contribution in [-0.2, 0) is 13.0 Å². The number of allylic oxidation sites excluding steroid dienone is 1. The summed E-state index contributed by atoms with van der Waals surface area (Å²) in [6.45, 7) is 4.05. The van der Waals surface area contributed by atoms with Gasteiger partial charge in [-0.05, 0) is 68.1 Å². The number of para-hydroxylation sites is 2. The van der Waals surface area contributed by atoms with E-state index in [4.69, 9.17) is 14.5 Å². The third kappa shape index (κ3) is 6.97. The van der Waals surface area contributed by atoms with Crippen LogP contribution >= 0.6 is 0 Å². The molecule has 37 heavy (non-hydrogen) atoms. The van der Waals surface area contributed by atoms with Crippen molar-refractivity contribution in [1.82, 2.24) is 19.9 Å². The lowest BCUT2D eigenvalue weighted by Crippen LogP contribution is -2.25. The first-order chi connectivity index (χ1) is 18.2. The standard InChI is InChI=1S/C30H34N4O3/c1-3-10-23-15-16-27(28(21-23)36-2)37-20-7-6-19-34-26-13-5-4-12-25(26)33-29(34)14-9-18-32-30(35)24-11-8-17-31-22-24/h3-5,8,10-13,15-17,21-22H,6-7,9,14,18-20H2,1-2H3,(H,32,35)/b10-3+. The number of benzene rings is 2. The van der Waals surface area contributed by atoms with Crippen LogP contribution in [0.2, 0.25) is 0 Å². The van der Waals surface area contributed by atoms with E-state index in [-0.39, 0.29) is 5.91 Å². The number of rotatable bonds is 13. The molecular formula is C30H34N4O3. The number of fused-ring (bicyclic) bond motifs is 1. The number of pyridine rings is 1. The highest BCUT2D eigenvalue weighted by molar-refractivity contribution is 5.93. The lowest BCUT2D eigenvalue weighted by Gasteiger charge is -2.12. The van der Waals surface area contributed by atoms with E-state index in [2.05, 4.69) is 20.9 Å². The second-order valence-electron chi connectivity index (χ2n) is 8.74. The maximum Gasteiger partial charge on any atom is 0.252 e. The normalized spacial score (nSPS) is 11.2. The number of aromatic nitrogens is 3. The molecule has 0 aliphatic heterocycles. The number of nitrogens with zero attached hydrogens (tertiary/aromatic N) is 3. The first-order valence-corrected chi connectivity index (χ1v) is 12.8. The molecule has 7 nitrogen and oxygen atoms in total. The van der Waals surface area contributed by atoms with Gasteiger partial charge in [0.2, 0.25) is 0 Å². The molecule has 2 heterocycles. The fourth-order valence-corrected chi connectivity index (χ4v) is 4.27. The van der Waals surface area contributed by atoms with Crippen LogP contribution in [0.25, 0.3) is 17.1 Å². The summed E-state index contributed by atoms with van der Waals surface area (Å²) in [6, 6.07) is 17.7. The number of methoxy groups -OCH3 is 1. The largest absolute Gasteiger partial charge is 0.493 e. The van der Waals surface area contributed by atoms with E-state index in [1.165, 1.54) is 0 Å². The van der Waals surface area contributed by atoms with E-state index in [9.17, 15) is 4.79 Å². The molecule has 2 aromatic heterocycles. The topological polar surface area (TPSA) is 78.3 Å². The second-order valence-corrected chi connectivity index (χ2v) is 8.74. The average molecular weight is 499 g/mol. The van der Waals surface area contributed by atoms with Gasteiger partial charge in [-0.3, -0.25) is 9.78 Å². The lowest BCUT2D eigenvalue weighted by atomic mass is 10.2. The molecule has 0 radical (unpaired) electrons. The van der Waals surface area contributed by atoms with Crippen molar-refractivity contribution in [3.8, 4) is 11.5 Å². The molecule has 0 spiro atoms. The minimum atomic E-state index is -0.102. The smallest absolute Gasteiger partial charge is 0.252 e. The fraction of sp³-hybridized carbons (Fsp3) is 0.300. The Morgan fingerprint density at radius 2 is 1.95 bits per heavy atom. The Labute approximate surface area is 218 Å². The molecule has 0 unspecified atom stereocenters. The van der Waals surface area contributed by atoms with Gasteiger partial charge in [-0.15, -0.1) is 0 Å². The Hall–Kier alpha value is -4.13. The van der Waals surface area contributed by atoms with Crippen LogP contribution in [0.4, 0.5) is 0 Å². The number of hydrogen-bond donors (Lipinski definition) is 1. The van der Waals surface area contributed by atoms with Crippen LogP contribution in [0, 0.1) is 0 Å². The van der Waals surface area contributed by atoms with Crippen LogP contribution in [-0.4, -0.2) is 40.7 Å². The van der Waals surface area contributed by atoms with Crippen molar-refractivity contribution in [3.63, 3.8) is 0 Å². The van der Waals surface area contributed by atoms with E-state index >= 15 is 0 Å². The number of carbonyl (C=O) groups is 1. The Kier molecular flexibility index (Phi) is 9.29. The molecule has 0 aliphatic rings. The van der Waals surface area contributed by atoms with Gasteiger partial charge in [0.05, 0.1) is 30.3 Å². The van der Waals surface area contributed by atoms with Gasteiger partial charge in [0.15, 0.2) is 11.5 Å². The molecule has 0 saturated carbocycles. The monoisotopic (exact) mass is 498 g/mol. The van der Waals surface area contributed by atoms with Crippen LogP contribution in [0.1, 0.15) is 47.9 Å². The summed E-state index contributed by atoms with van der Waals surface area (Å²) in [6.07, 6.45) is 10.7. The summed E-state index contributed by atoms with van der Waals surface area (Å²) >= 11 is 0. The maximum absolute atomic E-state index is 12.3. The van der Waals surface area contributed by atoms with Gasteiger partial charge < -0.3 is 19.4 Å². The van der Waals surface area contributed by atoms with Gasteiger partial charge in [0, 0.05) is 31.9 Å². The van der Waals surface area contributed by atoms with Crippen LogP contribution in [0.15, 0.2) is 73.1 Å². The number of unbranched alkanes of at least 4 members (excludes halogenated alkanes) is 1. The zero-order valence-electron chi connectivity index (χ0n) is 21.5. The minimum absolute atomic E-state index is 0.102. The molecule has 1 amide bonds. The molecule has 0 saturated heterocycles. The van der Waals surface area contributed by atoms with Crippen molar-refractivity contribution < 1.29 is 14.3 Å². The van der Waals surface area contributed by atoms with E-state index in [1.54, 1.807) is 31.6 Å². The van der Waals surface area contributed by atoms with Crippen molar-refractivity contribution in [2.24, 2.45) is 0 Å². The molecule has 4 aromatic rings. The van der Waals surface area contributed by atoms with Crippen molar-refractivity contribution >= 4 is 23.0 Å². The fourth-order valence-electron chi connectivity index (χ4n) is 4.27. The summed E-state index contributed by atoms with van der Waals surface area (Å²) in [5.41, 5.74) is 3.80. The lowest BCUT2D eigenvalue weighted by molar-refractivity contribution is 0.0952. The van der Waals surface area contributed by atoms with Crippen molar-refractivity contribution in [1.29, 1.82) is 0 Å². The molecule has 0 aliphatic carbocycles. The molecule has 0 bridgehead atoms. The number of carbonyl (C=O) groups excluding carboxylic acids is 1. The molecule has 1 N–H and O–H groups in total. The number of amides is 1. The molecule has 0 atom stereocenters. The van der Waals surface area contributed by atoms with Crippen LogP contribution in [0.3, 0.4) is 0 Å². The van der Waals surface area contributed by atoms with E-state index in [1.807, 2.05) is 55.5 Å².